The molecule has 0 atom stereocenters. The first-order valence-corrected chi connectivity index (χ1v) is 15.6. The molecule has 11 aromatic rings. The Morgan fingerprint density at radius 2 is 0.804 bits per heavy atom. The van der Waals surface area contributed by atoms with E-state index in [0.29, 0.717) is 0 Å². The highest BCUT2D eigenvalue weighted by atomic mass is 16.3. The van der Waals surface area contributed by atoms with Crippen LogP contribution < -0.4 is 4.90 Å². The molecule has 214 valence electrons. The third-order valence-electron chi connectivity index (χ3n) is 9.71. The fourth-order valence-electron chi connectivity index (χ4n) is 7.71. The van der Waals surface area contributed by atoms with Gasteiger partial charge in [-0.2, -0.15) is 0 Å². The van der Waals surface area contributed by atoms with Crippen LogP contribution >= 0.6 is 0 Å². The number of furan rings is 2. The number of fused-ring (bicyclic) bond motifs is 12. The maximum atomic E-state index is 6.37. The molecular weight excluding hydrogens is 564 g/mol. The normalized spacial score (nSPS) is 12.3. The van der Waals surface area contributed by atoms with E-state index in [1.54, 1.807) is 0 Å². The lowest BCUT2D eigenvalue weighted by Gasteiger charge is -2.25. The van der Waals surface area contributed by atoms with E-state index in [2.05, 4.69) is 131 Å². The van der Waals surface area contributed by atoms with Crippen molar-refractivity contribution in [2.45, 2.75) is 0 Å². The average molecular weight is 589 g/mol. The highest BCUT2D eigenvalue weighted by molar-refractivity contribution is 6.23. The zero-order chi connectivity index (χ0) is 29.9. The summed E-state index contributed by atoms with van der Waals surface area (Å²) in [5.41, 5.74) is 10.3. The van der Waals surface area contributed by atoms with Gasteiger partial charge in [-0.1, -0.05) is 78.9 Å². The third-order valence-corrected chi connectivity index (χ3v) is 9.71. The van der Waals surface area contributed by atoms with E-state index in [-0.39, 0.29) is 0 Å². The SMILES string of the molecule is c1ccc2c(c1)oc1cc(N(c3ccc4c(c3)oc3ccccc34)c3ccc4c5cccc6c7ccccc7n(c4c3)c65)ccc12. The van der Waals surface area contributed by atoms with Crippen LogP contribution in [-0.2, 0) is 0 Å². The first-order chi connectivity index (χ1) is 22.8. The van der Waals surface area contributed by atoms with Crippen LogP contribution in [0, 0.1) is 0 Å². The Bertz CT molecular complexity index is 2880. The summed E-state index contributed by atoms with van der Waals surface area (Å²) in [5.74, 6) is 0. The first-order valence-electron chi connectivity index (χ1n) is 15.6. The maximum absolute atomic E-state index is 6.37. The van der Waals surface area contributed by atoms with Crippen molar-refractivity contribution in [3.8, 4) is 0 Å². The maximum Gasteiger partial charge on any atom is 0.137 e. The molecule has 0 aliphatic heterocycles. The first kappa shape index (κ1) is 24.1. The molecule has 0 fully saturated rings. The third kappa shape index (κ3) is 3.12. The van der Waals surface area contributed by atoms with Crippen molar-refractivity contribution in [3.05, 3.63) is 146 Å². The van der Waals surface area contributed by atoms with Crippen molar-refractivity contribution < 1.29 is 8.83 Å². The number of benzene rings is 7. The largest absolute Gasteiger partial charge is 0.456 e. The molecule has 0 bridgehead atoms. The molecule has 0 radical (unpaired) electrons. The second-order valence-corrected chi connectivity index (χ2v) is 12.1. The van der Waals surface area contributed by atoms with Crippen LogP contribution in [0.2, 0.25) is 0 Å². The van der Waals surface area contributed by atoms with Gasteiger partial charge in [-0.3, -0.25) is 0 Å². The van der Waals surface area contributed by atoms with Gasteiger partial charge in [0.2, 0.25) is 0 Å². The molecule has 4 heterocycles. The molecule has 4 aromatic heterocycles. The van der Waals surface area contributed by atoms with Crippen molar-refractivity contribution in [1.82, 2.24) is 4.40 Å². The van der Waals surface area contributed by atoms with Gasteiger partial charge in [0.15, 0.2) is 0 Å². The summed E-state index contributed by atoms with van der Waals surface area (Å²) < 4.78 is 15.2. The van der Waals surface area contributed by atoms with Crippen LogP contribution in [0.3, 0.4) is 0 Å². The van der Waals surface area contributed by atoms with Gasteiger partial charge in [0.25, 0.3) is 0 Å². The van der Waals surface area contributed by atoms with E-state index >= 15 is 0 Å². The topological polar surface area (TPSA) is 33.9 Å². The molecule has 0 saturated carbocycles. The van der Waals surface area contributed by atoms with Crippen LogP contribution in [0.4, 0.5) is 17.1 Å². The monoisotopic (exact) mass is 588 g/mol. The molecule has 0 N–H and O–H groups in total. The van der Waals surface area contributed by atoms with Crippen LogP contribution in [0.1, 0.15) is 0 Å². The Labute approximate surface area is 262 Å². The Hall–Kier alpha value is -6.26. The fraction of sp³-hybridized carbons (Fsp3) is 0. The van der Waals surface area contributed by atoms with Crippen molar-refractivity contribution in [3.63, 3.8) is 0 Å². The van der Waals surface area contributed by atoms with Gasteiger partial charge in [-0.25, -0.2) is 0 Å². The highest BCUT2D eigenvalue weighted by Crippen LogP contribution is 2.44. The molecule has 0 amide bonds. The molecular formula is C42H24N2O2. The number of para-hydroxylation sites is 4. The highest BCUT2D eigenvalue weighted by Gasteiger charge is 2.21. The lowest BCUT2D eigenvalue weighted by atomic mass is 10.1. The molecule has 0 saturated heterocycles. The Balaban J connectivity index is 1.20. The van der Waals surface area contributed by atoms with Crippen LogP contribution in [0.5, 0.6) is 0 Å². The van der Waals surface area contributed by atoms with E-state index in [0.717, 1.165) is 60.9 Å². The number of hydrogen-bond acceptors (Lipinski definition) is 3. The van der Waals surface area contributed by atoms with E-state index in [4.69, 9.17) is 8.83 Å². The number of rotatable bonds is 3. The Morgan fingerprint density at radius 3 is 1.43 bits per heavy atom. The zero-order valence-electron chi connectivity index (χ0n) is 24.6. The second-order valence-electron chi connectivity index (χ2n) is 12.1. The minimum atomic E-state index is 0.861. The molecule has 4 nitrogen and oxygen atoms in total. The van der Waals surface area contributed by atoms with E-state index in [1.807, 2.05) is 24.3 Å². The summed E-state index contributed by atoms with van der Waals surface area (Å²) in [6, 6.07) is 51.7. The second kappa shape index (κ2) is 8.68. The van der Waals surface area contributed by atoms with Gasteiger partial charge in [-0.05, 0) is 54.6 Å². The van der Waals surface area contributed by atoms with Crippen molar-refractivity contribution in [1.29, 1.82) is 0 Å². The van der Waals surface area contributed by atoms with Gasteiger partial charge >= 0.3 is 0 Å². The summed E-state index contributed by atoms with van der Waals surface area (Å²) in [4.78, 5) is 2.31. The van der Waals surface area contributed by atoms with E-state index in [1.165, 1.54) is 38.1 Å². The molecule has 0 spiro atoms. The van der Waals surface area contributed by atoms with Crippen LogP contribution in [-0.4, -0.2) is 4.40 Å². The summed E-state index contributed by atoms with van der Waals surface area (Å²) in [6.45, 7) is 0. The van der Waals surface area contributed by atoms with Gasteiger partial charge in [0, 0.05) is 72.3 Å². The molecule has 11 rings (SSSR count). The zero-order valence-corrected chi connectivity index (χ0v) is 24.6. The Morgan fingerprint density at radius 1 is 0.348 bits per heavy atom. The van der Waals surface area contributed by atoms with Crippen LogP contribution in [0.15, 0.2) is 154 Å². The Kier molecular flexibility index (Phi) is 4.55. The van der Waals surface area contributed by atoms with Crippen molar-refractivity contribution >= 4 is 99.0 Å². The number of aromatic nitrogens is 1. The molecule has 46 heavy (non-hydrogen) atoms. The molecule has 0 unspecified atom stereocenters. The standard InChI is InChI=1S/C42H24N2O2/c1-4-13-36-28(8-1)34-11-7-12-35-29-19-16-25(22-37(29)44(36)42(34)35)43(26-17-20-32-30-9-2-5-14-38(30)45-40(32)23-26)27-18-21-33-31-10-3-6-15-39(31)46-41(33)24-27/h1-24H. The lowest BCUT2D eigenvalue weighted by molar-refractivity contribution is 0.669. The predicted molar refractivity (Wildman–Crippen MR) is 190 cm³/mol. The molecule has 4 heteroatoms. The summed E-state index contributed by atoms with van der Waals surface area (Å²) in [7, 11) is 0. The minimum absolute atomic E-state index is 0.861. The minimum Gasteiger partial charge on any atom is -0.456 e. The fourth-order valence-corrected chi connectivity index (χ4v) is 7.71. The van der Waals surface area contributed by atoms with Crippen molar-refractivity contribution in [2.75, 3.05) is 4.90 Å². The van der Waals surface area contributed by atoms with Gasteiger partial charge in [-0.15, -0.1) is 0 Å². The predicted octanol–water partition coefficient (Wildman–Crippen LogP) is 12.1. The van der Waals surface area contributed by atoms with Gasteiger partial charge in [0.1, 0.15) is 22.3 Å². The summed E-state index contributed by atoms with van der Waals surface area (Å²) in [6.07, 6.45) is 0. The summed E-state index contributed by atoms with van der Waals surface area (Å²) >= 11 is 0. The van der Waals surface area contributed by atoms with Gasteiger partial charge < -0.3 is 18.1 Å². The lowest BCUT2D eigenvalue weighted by Crippen LogP contribution is -2.09. The smallest absolute Gasteiger partial charge is 0.137 e. The molecule has 7 aromatic carbocycles. The van der Waals surface area contributed by atoms with Crippen molar-refractivity contribution in [2.24, 2.45) is 0 Å². The van der Waals surface area contributed by atoms with Crippen LogP contribution in [0.25, 0.3) is 82.0 Å². The number of hydrogen-bond donors (Lipinski definition) is 0. The quantitative estimate of drug-likeness (QED) is 0.206. The average Bonchev–Trinajstić information content (AvgIpc) is 3.84. The number of nitrogens with zero attached hydrogens (tertiary/aromatic N) is 2. The molecule has 0 aliphatic carbocycles. The summed E-state index contributed by atoms with van der Waals surface area (Å²) in [5, 5.41) is 9.54. The number of anilines is 3. The van der Waals surface area contributed by atoms with E-state index < -0.39 is 0 Å². The van der Waals surface area contributed by atoms with Gasteiger partial charge in [0.05, 0.1) is 16.6 Å². The molecule has 0 aliphatic rings. The van der Waals surface area contributed by atoms with E-state index in [9.17, 15) is 0 Å².